The van der Waals surface area contributed by atoms with Gasteiger partial charge < -0.3 is 16.0 Å². The molecule has 2 heterocycles. The molecule has 124 valence electrons. The molecule has 3 N–H and O–H groups in total. The van der Waals surface area contributed by atoms with Gasteiger partial charge >= 0.3 is 0 Å². The topological polar surface area (TPSA) is 88.3 Å². The number of amides is 2. The Morgan fingerprint density at radius 2 is 1.71 bits per heavy atom. The van der Waals surface area contributed by atoms with Crippen LogP contribution in [0.25, 0.3) is 0 Å². The molecule has 0 atom stereocenters. The summed E-state index contributed by atoms with van der Waals surface area (Å²) in [4.78, 5) is 29.4. The van der Waals surface area contributed by atoms with Gasteiger partial charge in [0, 0.05) is 30.7 Å². The van der Waals surface area contributed by atoms with E-state index in [1.807, 2.05) is 24.3 Å². The third kappa shape index (κ3) is 3.71. The average Bonchev–Trinajstić information content (AvgIpc) is 2.63. The number of carbonyl (C=O) groups is 2. The predicted molar refractivity (Wildman–Crippen MR) is 93.2 cm³/mol. The summed E-state index contributed by atoms with van der Waals surface area (Å²) in [5.74, 6) is -0.889. The number of hydrogen-bond acceptors (Lipinski definition) is 4. The Labute approximate surface area is 140 Å². The second-order valence-electron chi connectivity index (χ2n) is 5.85. The molecule has 6 heteroatoms. The number of hydrogen-bond donors (Lipinski definition) is 2. The SMILES string of the molecule is NC(=O)c1ccc(C(=O)Nc2ccc(N3CCCCC3)cc2)cn1. The Kier molecular flexibility index (Phi) is 4.74. The van der Waals surface area contributed by atoms with E-state index in [0.29, 0.717) is 5.56 Å². The highest BCUT2D eigenvalue weighted by atomic mass is 16.2. The molecule has 0 bridgehead atoms. The third-order valence-corrected chi connectivity index (χ3v) is 4.12. The zero-order chi connectivity index (χ0) is 16.9. The average molecular weight is 324 g/mol. The van der Waals surface area contributed by atoms with Crippen LogP contribution < -0.4 is 16.0 Å². The maximum atomic E-state index is 12.2. The van der Waals surface area contributed by atoms with Gasteiger partial charge in [-0.25, -0.2) is 0 Å². The van der Waals surface area contributed by atoms with Crippen molar-refractivity contribution in [2.45, 2.75) is 19.3 Å². The van der Waals surface area contributed by atoms with Crippen LogP contribution in [-0.4, -0.2) is 29.9 Å². The molecule has 0 aliphatic carbocycles. The summed E-state index contributed by atoms with van der Waals surface area (Å²) in [6.45, 7) is 2.17. The first-order valence-electron chi connectivity index (χ1n) is 8.06. The summed E-state index contributed by atoms with van der Waals surface area (Å²) in [5, 5.41) is 2.82. The summed E-state index contributed by atoms with van der Waals surface area (Å²) in [6.07, 6.45) is 5.10. The third-order valence-electron chi connectivity index (χ3n) is 4.12. The molecular formula is C18H20N4O2. The predicted octanol–water partition coefficient (Wildman–Crippen LogP) is 2.42. The molecule has 2 amide bonds. The molecule has 1 aliphatic heterocycles. The standard InChI is InChI=1S/C18H20N4O2/c19-17(23)16-9-4-13(12-20-16)18(24)21-14-5-7-15(8-6-14)22-10-2-1-3-11-22/h4-9,12H,1-3,10-11H2,(H2,19,23)(H,21,24). The van der Waals surface area contributed by atoms with Crippen molar-refractivity contribution in [1.29, 1.82) is 0 Å². The van der Waals surface area contributed by atoms with Crippen molar-refractivity contribution in [1.82, 2.24) is 4.98 Å². The minimum atomic E-state index is -0.616. The highest BCUT2D eigenvalue weighted by Gasteiger charge is 2.12. The first-order valence-corrected chi connectivity index (χ1v) is 8.06. The number of anilines is 2. The van der Waals surface area contributed by atoms with Crippen LogP contribution in [0.2, 0.25) is 0 Å². The second kappa shape index (κ2) is 7.12. The lowest BCUT2D eigenvalue weighted by atomic mass is 10.1. The van der Waals surface area contributed by atoms with Gasteiger partial charge in [-0.15, -0.1) is 0 Å². The Hall–Kier alpha value is -2.89. The van der Waals surface area contributed by atoms with E-state index in [9.17, 15) is 9.59 Å². The van der Waals surface area contributed by atoms with Gasteiger partial charge in [0.1, 0.15) is 5.69 Å². The number of pyridine rings is 1. The molecule has 1 aromatic heterocycles. The number of aromatic nitrogens is 1. The zero-order valence-corrected chi connectivity index (χ0v) is 13.4. The molecule has 1 fully saturated rings. The van der Waals surface area contributed by atoms with Gasteiger partial charge in [-0.05, 0) is 55.7 Å². The van der Waals surface area contributed by atoms with Crippen molar-refractivity contribution in [2.75, 3.05) is 23.3 Å². The van der Waals surface area contributed by atoms with E-state index in [0.717, 1.165) is 18.8 Å². The fourth-order valence-corrected chi connectivity index (χ4v) is 2.78. The lowest BCUT2D eigenvalue weighted by Gasteiger charge is -2.28. The highest BCUT2D eigenvalue weighted by molar-refractivity contribution is 6.04. The summed E-state index contributed by atoms with van der Waals surface area (Å²) in [7, 11) is 0. The van der Waals surface area contributed by atoms with E-state index in [2.05, 4.69) is 15.2 Å². The number of nitrogens with two attached hydrogens (primary N) is 1. The van der Waals surface area contributed by atoms with Gasteiger partial charge in [0.25, 0.3) is 11.8 Å². The molecule has 24 heavy (non-hydrogen) atoms. The number of primary amides is 1. The fraction of sp³-hybridized carbons (Fsp3) is 0.278. The van der Waals surface area contributed by atoms with E-state index in [-0.39, 0.29) is 11.6 Å². The van der Waals surface area contributed by atoms with Crippen molar-refractivity contribution >= 4 is 23.2 Å². The van der Waals surface area contributed by atoms with E-state index < -0.39 is 5.91 Å². The Bertz CT molecular complexity index is 720. The van der Waals surface area contributed by atoms with Crippen LogP contribution in [0.5, 0.6) is 0 Å². The molecule has 6 nitrogen and oxygen atoms in total. The Balaban J connectivity index is 1.64. The van der Waals surface area contributed by atoms with Gasteiger partial charge in [0.15, 0.2) is 0 Å². The van der Waals surface area contributed by atoms with Crippen LogP contribution in [0.1, 0.15) is 40.1 Å². The Morgan fingerprint density at radius 3 is 2.29 bits per heavy atom. The van der Waals surface area contributed by atoms with E-state index in [1.165, 1.54) is 43.3 Å². The molecular weight excluding hydrogens is 304 g/mol. The van der Waals surface area contributed by atoms with Crippen LogP contribution in [-0.2, 0) is 0 Å². The van der Waals surface area contributed by atoms with Gasteiger partial charge in [0.05, 0.1) is 5.56 Å². The van der Waals surface area contributed by atoms with Crippen molar-refractivity contribution in [3.8, 4) is 0 Å². The quantitative estimate of drug-likeness (QED) is 0.904. The van der Waals surface area contributed by atoms with Crippen LogP contribution in [0, 0.1) is 0 Å². The monoisotopic (exact) mass is 324 g/mol. The van der Waals surface area contributed by atoms with Crippen LogP contribution >= 0.6 is 0 Å². The van der Waals surface area contributed by atoms with Gasteiger partial charge in [-0.3, -0.25) is 14.6 Å². The van der Waals surface area contributed by atoms with Gasteiger partial charge in [0.2, 0.25) is 0 Å². The minimum absolute atomic E-state index is 0.137. The summed E-state index contributed by atoms with van der Waals surface area (Å²) in [5.41, 5.74) is 7.55. The largest absolute Gasteiger partial charge is 0.372 e. The fourth-order valence-electron chi connectivity index (χ4n) is 2.78. The van der Waals surface area contributed by atoms with E-state index >= 15 is 0 Å². The number of nitrogens with one attached hydrogen (secondary N) is 1. The summed E-state index contributed by atoms with van der Waals surface area (Å²) >= 11 is 0. The molecule has 2 aromatic rings. The molecule has 0 unspecified atom stereocenters. The molecule has 0 radical (unpaired) electrons. The number of nitrogens with zero attached hydrogens (tertiary/aromatic N) is 2. The second-order valence-corrected chi connectivity index (χ2v) is 5.85. The van der Waals surface area contributed by atoms with Crippen LogP contribution in [0.15, 0.2) is 42.6 Å². The minimum Gasteiger partial charge on any atom is -0.372 e. The van der Waals surface area contributed by atoms with Gasteiger partial charge in [-0.1, -0.05) is 0 Å². The molecule has 0 saturated carbocycles. The zero-order valence-electron chi connectivity index (χ0n) is 13.4. The van der Waals surface area contributed by atoms with E-state index in [1.54, 1.807) is 0 Å². The number of carbonyl (C=O) groups excluding carboxylic acids is 2. The van der Waals surface area contributed by atoms with Gasteiger partial charge in [-0.2, -0.15) is 0 Å². The maximum Gasteiger partial charge on any atom is 0.267 e. The molecule has 0 spiro atoms. The Morgan fingerprint density at radius 1 is 1.00 bits per heavy atom. The molecule has 1 aromatic carbocycles. The van der Waals surface area contributed by atoms with Crippen molar-refractivity contribution in [2.24, 2.45) is 5.73 Å². The first-order chi connectivity index (χ1) is 11.6. The number of benzene rings is 1. The smallest absolute Gasteiger partial charge is 0.267 e. The highest BCUT2D eigenvalue weighted by Crippen LogP contribution is 2.22. The van der Waals surface area contributed by atoms with Crippen molar-refractivity contribution in [3.63, 3.8) is 0 Å². The maximum absolute atomic E-state index is 12.2. The summed E-state index contributed by atoms with van der Waals surface area (Å²) in [6, 6.07) is 10.8. The summed E-state index contributed by atoms with van der Waals surface area (Å²) < 4.78 is 0. The lowest BCUT2D eigenvalue weighted by molar-refractivity contribution is 0.0990. The van der Waals surface area contributed by atoms with Crippen LogP contribution in [0.4, 0.5) is 11.4 Å². The normalized spacial score (nSPS) is 14.2. The van der Waals surface area contributed by atoms with Crippen molar-refractivity contribution in [3.05, 3.63) is 53.9 Å². The molecule has 3 rings (SSSR count). The van der Waals surface area contributed by atoms with Crippen LogP contribution in [0.3, 0.4) is 0 Å². The molecule has 1 aliphatic rings. The molecule has 1 saturated heterocycles. The van der Waals surface area contributed by atoms with Crippen molar-refractivity contribution < 1.29 is 9.59 Å². The number of piperidine rings is 1. The number of rotatable bonds is 4. The lowest BCUT2D eigenvalue weighted by Crippen LogP contribution is -2.29. The van der Waals surface area contributed by atoms with E-state index in [4.69, 9.17) is 5.73 Å². The first kappa shape index (κ1) is 16.0.